The van der Waals surface area contributed by atoms with E-state index in [4.69, 9.17) is 28.8 Å². The third kappa shape index (κ3) is 23.0. The Labute approximate surface area is 279 Å². The maximum Gasteiger partial charge on any atom is 0.469 e. The number of rotatable bonds is 20. The molecule has 0 radical (unpaired) electrons. The average Bonchev–Trinajstić information content (AvgIpc) is 2.55. The summed E-state index contributed by atoms with van der Waals surface area (Å²) in [5, 5.41) is 0. The fourth-order valence-electron chi connectivity index (χ4n) is 4.99. The monoisotopic (exact) mass is 778 g/mol. The molecule has 0 aromatic carbocycles. The van der Waals surface area contributed by atoms with E-state index in [0.717, 1.165) is 24.2 Å². The molecule has 0 amide bonds. The van der Waals surface area contributed by atoms with Crippen molar-refractivity contribution in [3.05, 3.63) is 0 Å². The van der Waals surface area contributed by atoms with Crippen LogP contribution in [0.3, 0.4) is 0 Å². The topological polar surface area (TPSA) is 64.6 Å². The highest BCUT2D eigenvalue weighted by molar-refractivity contribution is 6.93. The van der Waals surface area contributed by atoms with Crippen molar-refractivity contribution in [2.75, 3.05) is 0 Å². The lowest BCUT2D eigenvalue weighted by atomic mass is 10.9. The molecule has 0 spiro atoms. The van der Waals surface area contributed by atoms with Gasteiger partial charge in [-0.1, -0.05) is 0 Å². The molecule has 0 aliphatic carbocycles. The molecular weight excluding hydrogens is 705 g/mol. The summed E-state index contributed by atoms with van der Waals surface area (Å²) in [4.78, 5) is 0. The molecular formula is C26H74O7Si10. The van der Waals surface area contributed by atoms with E-state index < -0.39 is 84.1 Å². The number of hydrogen-bond acceptors (Lipinski definition) is 7. The van der Waals surface area contributed by atoms with Gasteiger partial charge < -0.3 is 28.8 Å². The van der Waals surface area contributed by atoms with Crippen molar-refractivity contribution in [2.45, 2.75) is 168 Å². The normalized spacial score (nSPS) is 15.8. The van der Waals surface area contributed by atoms with Crippen LogP contribution in [0.4, 0.5) is 0 Å². The molecule has 0 aliphatic heterocycles. The molecule has 7 nitrogen and oxygen atoms in total. The molecule has 0 aliphatic rings. The highest BCUT2D eigenvalue weighted by Gasteiger charge is 2.53. The zero-order valence-electron chi connectivity index (χ0n) is 32.7. The second-order valence-corrected chi connectivity index (χ2v) is 62.1. The zero-order valence-corrected chi connectivity index (χ0v) is 42.7. The van der Waals surface area contributed by atoms with Crippen LogP contribution in [0.5, 0.6) is 0 Å². The first-order valence-corrected chi connectivity index (χ1v) is 46.8. The van der Waals surface area contributed by atoms with Crippen LogP contribution in [-0.4, -0.2) is 84.1 Å². The van der Waals surface area contributed by atoms with Crippen LogP contribution < -0.4 is 0 Å². The maximum absolute atomic E-state index is 7.25. The minimum Gasteiger partial charge on any atom is -0.456 e. The molecule has 0 bridgehead atoms. The van der Waals surface area contributed by atoms with Gasteiger partial charge in [0.05, 0.1) is 0 Å². The van der Waals surface area contributed by atoms with E-state index in [9.17, 15) is 0 Å². The molecule has 0 fully saturated rings. The summed E-state index contributed by atoms with van der Waals surface area (Å²) in [6.07, 6.45) is 0. The molecule has 0 saturated carbocycles. The van der Waals surface area contributed by atoms with Gasteiger partial charge in [0.15, 0.2) is 66.5 Å². The lowest BCUT2D eigenvalue weighted by molar-refractivity contribution is 0.252. The predicted molar refractivity (Wildman–Crippen MR) is 213 cm³/mol. The fourth-order valence-corrected chi connectivity index (χ4v) is 47.1. The molecule has 43 heavy (non-hydrogen) atoms. The van der Waals surface area contributed by atoms with E-state index in [1.807, 2.05) is 0 Å². The summed E-state index contributed by atoms with van der Waals surface area (Å²) >= 11 is 0. The molecule has 0 rings (SSSR count). The van der Waals surface area contributed by atoms with E-state index >= 15 is 0 Å². The van der Waals surface area contributed by atoms with Crippen LogP contribution >= 0.6 is 0 Å². The van der Waals surface area contributed by atoms with Gasteiger partial charge in [-0.15, -0.1) is 0 Å². The highest BCUT2D eigenvalue weighted by atomic mass is 28.5. The zero-order chi connectivity index (χ0) is 34.8. The first-order chi connectivity index (χ1) is 18.4. The number of hydrogen-bond donors (Lipinski definition) is 0. The molecule has 0 saturated heterocycles. The van der Waals surface area contributed by atoms with E-state index in [2.05, 4.69) is 144 Å². The smallest absolute Gasteiger partial charge is 0.456 e. The quantitative estimate of drug-likeness (QED) is 0.114. The van der Waals surface area contributed by atoms with E-state index in [1.165, 1.54) is 0 Å². The van der Waals surface area contributed by atoms with Crippen molar-refractivity contribution in [1.29, 1.82) is 0 Å². The third-order valence-electron chi connectivity index (χ3n) is 5.39. The van der Waals surface area contributed by atoms with Gasteiger partial charge in [-0.3, -0.25) is 0 Å². The molecule has 0 atom stereocenters. The second kappa shape index (κ2) is 15.2. The predicted octanol–water partition coefficient (Wildman–Crippen LogP) is 10.4. The van der Waals surface area contributed by atoms with Crippen molar-refractivity contribution >= 4 is 84.1 Å². The second-order valence-electron chi connectivity index (χ2n) is 19.3. The van der Waals surface area contributed by atoms with Crippen LogP contribution in [0.1, 0.15) is 0 Å². The lowest BCUT2D eigenvalue weighted by Crippen LogP contribution is -2.61. The van der Waals surface area contributed by atoms with Crippen LogP contribution in [0.25, 0.3) is 0 Å². The van der Waals surface area contributed by atoms with Gasteiger partial charge in [0.2, 0.25) is 0 Å². The Balaban J connectivity index is 6.21. The Bertz CT molecular complexity index is 711. The molecule has 0 heterocycles. The maximum atomic E-state index is 7.25. The van der Waals surface area contributed by atoms with Gasteiger partial charge in [-0.25, -0.2) is 0 Å². The highest BCUT2D eigenvalue weighted by Crippen LogP contribution is 2.36. The summed E-state index contributed by atoms with van der Waals surface area (Å²) in [5.41, 5.74) is 0. The molecule has 0 N–H and O–H groups in total. The lowest BCUT2D eigenvalue weighted by Gasteiger charge is -2.45. The van der Waals surface area contributed by atoms with Gasteiger partial charge in [0, 0.05) is 12.1 Å². The Morgan fingerprint density at radius 1 is 0.233 bits per heavy atom. The van der Waals surface area contributed by atoms with Gasteiger partial charge in [0.25, 0.3) is 0 Å². The first-order valence-electron chi connectivity index (χ1n) is 16.3. The molecule has 0 unspecified atom stereocenters. The fraction of sp³-hybridized carbons (Fsp3) is 1.00. The average molecular weight is 780 g/mol. The Hall–Kier alpha value is 1.89. The van der Waals surface area contributed by atoms with Gasteiger partial charge in [0.1, 0.15) is 0 Å². The van der Waals surface area contributed by atoms with Crippen LogP contribution in [0.2, 0.25) is 168 Å². The van der Waals surface area contributed by atoms with Crippen molar-refractivity contribution < 1.29 is 28.8 Å². The molecule has 260 valence electrons. The van der Waals surface area contributed by atoms with Crippen LogP contribution in [0.15, 0.2) is 0 Å². The van der Waals surface area contributed by atoms with Crippen molar-refractivity contribution in [1.82, 2.24) is 0 Å². The van der Waals surface area contributed by atoms with Gasteiger partial charge in [-0.05, 0) is 156 Å². The van der Waals surface area contributed by atoms with Crippen molar-refractivity contribution in [2.24, 2.45) is 0 Å². The van der Waals surface area contributed by atoms with Crippen molar-refractivity contribution in [3.8, 4) is 0 Å². The van der Waals surface area contributed by atoms with Gasteiger partial charge >= 0.3 is 17.6 Å². The molecule has 0 aromatic heterocycles. The summed E-state index contributed by atoms with van der Waals surface area (Å²) in [5.74, 6) is 0. The van der Waals surface area contributed by atoms with Crippen molar-refractivity contribution in [3.63, 3.8) is 0 Å². The van der Waals surface area contributed by atoms with Crippen LogP contribution in [-0.2, 0) is 28.8 Å². The Morgan fingerprint density at radius 2 is 0.395 bits per heavy atom. The van der Waals surface area contributed by atoms with Gasteiger partial charge in [-0.2, -0.15) is 0 Å². The SMILES string of the molecule is C[Si](C)(C)O[Si](CC[Si](C)(C)O[Si](C)(C)CC[Si](O[Si](C)(C)C)(O[Si](C)(C)C)O[Si](C)(C)C)(O[Si](C)(C)C)O[Si](C)(C)C. The minimum absolute atomic E-state index is 0.838. The van der Waals surface area contributed by atoms with E-state index in [-0.39, 0.29) is 0 Å². The molecule has 17 heteroatoms. The third-order valence-corrected chi connectivity index (χ3v) is 37.6. The summed E-state index contributed by atoms with van der Waals surface area (Å²) in [6.45, 7) is 50.2. The van der Waals surface area contributed by atoms with Crippen LogP contribution in [0, 0.1) is 0 Å². The largest absolute Gasteiger partial charge is 0.469 e. The van der Waals surface area contributed by atoms with E-state index in [1.54, 1.807) is 0 Å². The molecule has 0 aromatic rings. The first kappa shape index (κ1) is 44.9. The minimum atomic E-state index is -2.90. The summed E-state index contributed by atoms with van der Waals surface area (Å²) in [6, 6.07) is 3.62. The standard InChI is InChI=1S/C26H74O7Si10/c1-34(2,3)27-42(28-35(4,5)6,29-36(7,8)9)25-23-40(19,20)33-41(21,22)24-26-43(30-37(10,11)12,31-38(13,14)15)32-39(16,17)18/h23-26H2,1-22H3. The summed E-state index contributed by atoms with van der Waals surface area (Å²) < 4.78 is 49.1. The summed E-state index contributed by atoms with van der Waals surface area (Å²) in [7, 11) is -21.5. The Morgan fingerprint density at radius 3 is 0.535 bits per heavy atom. The Kier molecular flexibility index (Phi) is 15.9. The van der Waals surface area contributed by atoms with E-state index in [0.29, 0.717) is 0 Å².